The van der Waals surface area contributed by atoms with Crippen LogP contribution in [0.5, 0.6) is 0 Å². The molecular weight excluding hydrogens is 168 g/mol. The largest absolute Gasteiger partial charge is 0.126 e. The molecule has 0 saturated heterocycles. The van der Waals surface area contributed by atoms with Crippen LogP contribution in [0, 0.1) is 10.8 Å². The first-order valence-corrected chi connectivity index (χ1v) is 5.63. The van der Waals surface area contributed by atoms with Gasteiger partial charge in [0, 0.05) is 5.88 Å². The lowest BCUT2D eigenvalue weighted by Crippen LogP contribution is -2.13. The molecule has 0 atom stereocenters. The van der Waals surface area contributed by atoms with Gasteiger partial charge < -0.3 is 0 Å². The van der Waals surface area contributed by atoms with Gasteiger partial charge in [0.1, 0.15) is 0 Å². The maximum atomic E-state index is 5.93. The molecule has 0 unspecified atom stereocenters. The highest BCUT2D eigenvalue weighted by Crippen LogP contribution is 2.52. The molecule has 0 bridgehead atoms. The van der Waals surface area contributed by atoms with Crippen LogP contribution in [0.4, 0.5) is 0 Å². The van der Waals surface area contributed by atoms with E-state index in [1.165, 1.54) is 32.1 Å². The van der Waals surface area contributed by atoms with Gasteiger partial charge in [-0.05, 0) is 36.5 Å². The van der Waals surface area contributed by atoms with Gasteiger partial charge in [-0.1, -0.05) is 27.2 Å². The van der Waals surface area contributed by atoms with Crippen LogP contribution in [0.25, 0.3) is 0 Å². The number of alkyl halides is 1. The molecule has 0 radical (unpaired) electrons. The van der Waals surface area contributed by atoms with Gasteiger partial charge >= 0.3 is 0 Å². The van der Waals surface area contributed by atoms with Gasteiger partial charge in [0.15, 0.2) is 0 Å². The lowest BCUT2D eigenvalue weighted by molar-refractivity contribution is 0.283. The molecule has 0 heterocycles. The zero-order valence-corrected chi connectivity index (χ0v) is 9.38. The van der Waals surface area contributed by atoms with E-state index in [9.17, 15) is 0 Å². The van der Waals surface area contributed by atoms with Crippen molar-refractivity contribution in [1.82, 2.24) is 0 Å². The number of hydrogen-bond acceptors (Lipinski definition) is 0. The molecule has 1 fully saturated rings. The highest BCUT2D eigenvalue weighted by atomic mass is 35.5. The minimum atomic E-state index is 0.529. The Balaban J connectivity index is 2.25. The molecule has 1 aliphatic carbocycles. The van der Waals surface area contributed by atoms with Crippen LogP contribution in [0.15, 0.2) is 0 Å². The van der Waals surface area contributed by atoms with Crippen molar-refractivity contribution in [3.63, 3.8) is 0 Å². The molecule has 0 aromatic heterocycles. The van der Waals surface area contributed by atoms with Crippen LogP contribution in [0.2, 0.25) is 0 Å². The molecule has 0 amide bonds. The Labute approximate surface area is 81.7 Å². The van der Waals surface area contributed by atoms with Crippen molar-refractivity contribution in [2.75, 3.05) is 5.88 Å². The predicted octanol–water partition coefficient (Wildman–Crippen LogP) is 4.22. The molecule has 1 saturated carbocycles. The first-order valence-electron chi connectivity index (χ1n) is 5.10. The van der Waals surface area contributed by atoms with Gasteiger partial charge in [0.25, 0.3) is 0 Å². The van der Waals surface area contributed by atoms with Gasteiger partial charge in [-0.2, -0.15) is 0 Å². The summed E-state index contributed by atoms with van der Waals surface area (Å²) < 4.78 is 0. The molecule has 12 heavy (non-hydrogen) atoms. The first-order chi connectivity index (χ1) is 5.54. The van der Waals surface area contributed by atoms with Crippen LogP contribution in [0.1, 0.15) is 52.9 Å². The fraction of sp³-hybridized carbons (Fsp3) is 1.00. The average Bonchev–Trinajstić information content (AvgIpc) is 2.82. The van der Waals surface area contributed by atoms with Gasteiger partial charge in [-0.15, -0.1) is 11.6 Å². The molecule has 0 N–H and O–H groups in total. The topological polar surface area (TPSA) is 0 Å². The fourth-order valence-corrected chi connectivity index (χ4v) is 1.81. The summed E-state index contributed by atoms with van der Waals surface area (Å²) in [6.07, 6.45) is 6.71. The summed E-state index contributed by atoms with van der Waals surface area (Å²) in [6, 6.07) is 0. The number of hydrogen-bond donors (Lipinski definition) is 0. The maximum Gasteiger partial charge on any atom is 0.0280 e. The van der Waals surface area contributed by atoms with E-state index in [4.69, 9.17) is 11.6 Å². The molecule has 0 aromatic rings. The second-order valence-corrected chi connectivity index (χ2v) is 5.42. The normalized spacial score (nSPS) is 21.0. The van der Waals surface area contributed by atoms with E-state index in [0.29, 0.717) is 10.8 Å². The zero-order chi connectivity index (χ0) is 9.24. The highest BCUT2D eigenvalue weighted by molar-refractivity contribution is 6.18. The summed E-state index contributed by atoms with van der Waals surface area (Å²) in [5, 5.41) is 0. The highest BCUT2D eigenvalue weighted by Gasteiger charge is 2.41. The Bertz CT molecular complexity index is 139. The summed E-state index contributed by atoms with van der Waals surface area (Å²) in [6.45, 7) is 6.99. The minimum absolute atomic E-state index is 0.529. The minimum Gasteiger partial charge on any atom is -0.126 e. The van der Waals surface area contributed by atoms with E-state index in [-0.39, 0.29) is 0 Å². The van der Waals surface area contributed by atoms with Gasteiger partial charge in [0.05, 0.1) is 0 Å². The van der Waals surface area contributed by atoms with Crippen LogP contribution >= 0.6 is 11.6 Å². The third-order valence-corrected chi connectivity index (χ3v) is 4.10. The molecule has 0 aromatic carbocycles. The van der Waals surface area contributed by atoms with Gasteiger partial charge in [0.2, 0.25) is 0 Å². The molecule has 1 heteroatoms. The lowest BCUT2D eigenvalue weighted by atomic mass is 9.82. The Morgan fingerprint density at radius 2 is 1.92 bits per heavy atom. The Morgan fingerprint density at radius 3 is 2.25 bits per heavy atom. The summed E-state index contributed by atoms with van der Waals surface area (Å²) in [5.74, 6) is 0.882. The third kappa shape index (κ3) is 2.65. The van der Waals surface area contributed by atoms with Crippen LogP contribution in [-0.4, -0.2) is 5.88 Å². The first kappa shape index (κ1) is 10.4. The van der Waals surface area contributed by atoms with E-state index >= 15 is 0 Å². The van der Waals surface area contributed by atoms with E-state index in [1.807, 2.05) is 0 Å². The van der Waals surface area contributed by atoms with Crippen molar-refractivity contribution in [3.8, 4) is 0 Å². The van der Waals surface area contributed by atoms with Crippen molar-refractivity contribution in [3.05, 3.63) is 0 Å². The molecule has 0 nitrogen and oxygen atoms in total. The SMILES string of the molecule is CCC(C)(C)CCC1(CCl)CC1. The molecule has 72 valence electrons. The summed E-state index contributed by atoms with van der Waals surface area (Å²) in [7, 11) is 0. The summed E-state index contributed by atoms with van der Waals surface area (Å²) in [5.41, 5.74) is 1.09. The number of halogens is 1. The van der Waals surface area contributed by atoms with Crippen LogP contribution in [0.3, 0.4) is 0 Å². The van der Waals surface area contributed by atoms with Crippen molar-refractivity contribution >= 4 is 11.6 Å². The van der Waals surface area contributed by atoms with Crippen LogP contribution in [-0.2, 0) is 0 Å². The average molecular weight is 189 g/mol. The van der Waals surface area contributed by atoms with E-state index < -0.39 is 0 Å². The van der Waals surface area contributed by atoms with Gasteiger partial charge in [-0.25, -0.2) is 0 Å². The van der Waals surface area contributed by atoms with Crippen molar-refractivity contribution in [2.24, 2.45) is 10.8 Å². The predicted molar refractivity (Wildman–Crippen MR) is 55.7 cm³/mol. The fourth-order valence-electron chi connectivity index (χ4n) is 1.41. The van der Waals surface area contributed by atoms with Crippen LogP contribution < -0.4 is 0 Å². The Morgan fingerprint density at radius 1 is 1.33 bits per heavy atom. The van der Waals surface area contributed by atoms with Crippen molar-refractivity contribution in [2.45, 2.75) is 52.9 Å². The third-order valence-electron chi connectivity index (χ3n) is 3.53. The molecular formula is C11H21Cl. The Kier molecular flexibility index (Phi) is 3.09. The molecule has 0 aliphatic heterocycles. The molecule has 1 rings (SSSR count). The second-order valence-electron chi connectivity index (χ2n) is 5.15. The van der Waals surface area contributed by atoms with E-state index in [1.54, 1.807) is 0 Å². The second kappa shape index (κ2) is 3.57. The number of rotatable bonds is 5. The molecule has 1 aliphatic rings. The summed E-state index contributed by atoms with van der Waals surface area (Å²) >= 11 is 5.93. The monoisotopic (exact) mass is 188 g/mol. The van der Waals surface area contributed by atoms with E-state index in [2.05, 4.69) is 20.8 Å². The smallest absolute Gasteiger partial charge is 0.0280 e. The standard InChI is InChI=1S/C11H21Cl/c1-4-10(2,3)5-6-11(9-12)7-8-11/h4-9H2,1-3H3. The maximum absolute atomic E-state index is 5.93. The van der Waals surface area contributed by atoms with Crippen molar-refractivity contribution in [1.29, 1.82) is 0 Å². The van der Waals surface area contributed by atoms with Gasteiger partial charge in [-0.3, -0.25) is 0 Å². The van der Waals surface area contributed by atoms with Crippen molar-refractivity contribution < 1.29 is 0 Å². The lowest BCUT2D eigenvalue weighted by Gasteiger charge is -2.24. The summed E-state index contributed by atoms with van der Waals surface area (Å²) in [4.78, 5) is 0. The molecule has 0 spiro atoms. The van der Waals surface area contributed by atoms with E-state index in [0.717, 1.165) is 5.88 Å². The Hall–Kier alpha value is 0.290. The quantitative estimate of drug-likeness (QED) is 0.567. The zero-order valence-electron chi connectivity index (χ0n) is 8.62.